The van der Waals surface area contributed by atoms with E-state index in [4.69, 9.17) is 10.7 Å². The molecule has 1 aliphatic rings. The second-order valence-corrected chi connectivity index (χ2v) is 7.71. The lowest BCUT2D eigenvalue weighted by Gasteiger charge is -2.29. The highest BCUT2D eigenvalue weighted by Crippen LogP contribution is 2.24. The molecular weight excluding hydrogens is 322 g/mol. The molecule has 0 aromatic heterocycles. The standard InChI is InChI=1S/C16H14ClNO3S/c17-22(20,21)15-8-4-3-7-14(15)16(19)18-10-9-12-5-1-2-6-13(12)11-18/h1-8H,9-11H2. The Morgan fingerprint density at radius 3 is 2.36 bits per heavy atom. The number of carbonyl (C=O) groups is 1. The number of fused-ring (bicyclic) bond motifs is 1. The molecule has 0 radical (unpaired) electrons. The first-order chi connectivity index (χ1) is 10.5. The van der Waals surface area contributed by atoms with Gasteiger partial charge >= 0.3 is 0 Å². The number of rotatable bonds is 2. The second-order valence-electron chi connectivity index (χ2n) is 5.18. The van der Waals surface area contributed by atoms with E-state index in [9.17, 15) is 13.2 Å². The van der Waals surface area contributed by atoms with Gasteiger partial charge in [0.25, 0.3) is 15.0 Å². The molecule has 0 aliphatic carbocycles. The lowest BCUT2D eigenvalue weighted by Crippen LogP contribution is -2.36. The first kappa shape index (κ1) is 15.1. The number of hydrogen-bond acceptors (Lipinski definition) is 3. The minimum atomic E-state index is -3.95. The van der Waals surface area contributed by atoms with Crippen molar-refractivity contribution in [3.63, 3.8) is 0 Å². The summed E-state index contributed by atoms with van der Waals surface area (Å²) in [5.74, 6) is -0.311. The molecule has 2 aromatic rings. The van der Waals surface area contributed by atoms with Crippen molar-refractivity contribution < 1.29 is 13.2 Å². The first-order valence-electron chi connectivity index (χ1n) is 6.86. The minimum absolute atomic E-state index is 0.122. The third kappa shape index (κ3) is 2.87. The Labute approximate surface area is 133 Å². The van der Waals surface area contributed by atoms with E-state index in [1.807, 2.05) is 24.3 Å². The van der Waals surface area contributed by atoms with Crippen LogP contribution in [0.4, 0.5) is 0 Å². The predicted molar refractivity (Wildman–Crippen MR) is 84.4 cm³/mol. The summed E-state index contributed by atoms with van der Waals surface area (Å²) in [5.41, 5.74) is 2.44. The second kappa shape index (κ2) is 5.74. The van der Waals surface area contributed by atoms with Crippen LogP contribution in [0.3, 0.4) is 0 Å². The van der Waals surface area contributed by atoms with Gasteiger partial charge < -0.3 is 4.90 Å². The van der Waals surface area contributed by atoms with Crippen LogP contribution in [0.2, 0.25) is 0 Å². The van der Waals surface area contributed by atoms with Crippen LogP contribution in [0, 0.1) is 0 Å². The van der Waals surface area contributed by atoms with E-state index in [2.05, 4.69) is 0 Å². The normalized spacial score (nSPS) is 14.5. The van der Waals surface area contributed by atoms with Gasteiger partial charge in [-0.2, -0.15) is 0 Å². The number of nitrogens with zero attached hydrogens (tertiary/aromatic N) is 1. The van der Waals surface area contributed by atoms with E-state index in [0.717, 1.165) is 12.0 Å². The maximum Gasteiger partial charge on any atom is 0.262 e. The van der Waals surface area contributed by atoms with Crippen molar-refractivity contribution in [1.82, 2.24) is 4.90 Å². The fourth-order valence-corrected chi connectivity index (χ4v) is 3.76. The van der Waals surface area contributed by atoms with Gasteiger partial charge in [0, 0.05) is 23.8 Å². The molecule has 0 bridgehead atoms. The summed E-state index contributed by atoms with van der Waals surface area (Å²) in [4.78, 5) is 14.2. The number of amides is 1. The van der Waals surface area contributed by atoms with E-state index in [0.29, 0.717) is 13.1 Å². The highest BCUT2D eigenvalue weighted by molar-refractivity contribution is 8.13. The third-order valence-corrected chi connectivity index (χ3v) is 5.18. The molecule has 114 valence electrons. The lowest BCUT2D eigenvalue weighted by molar-refractivity contribution is 0.0731. The summed E-state index contributed by atoms with van der Waals surface area (Å²) in [6.07, 6.45) is 0.762. The van der Waals surface area contributed by atoms with Crippen LogP contribution >= 0.6 is 10.7 Å². The van der Waals surface area contributed by atoms with Crippen LogP contribution in [-0.2, 0) is 22.0 Å². The molecule has 0 N–H and O–H groups in total. The summed E-state index contributed by atoms with van der Waals surface area (Å²) in [6.45, 7) is 1.04. The van der Waals surface area contributed by atoms with E-state index in [1.54, 1.807) is 17.0 Å². The van der Waals surface area contributed by atoms with E-state index in [-0.39, 0.29) is 16.4 Å². The van der Waals surface area contributed by atoms with Gasteiger partial charge in [0.1, 0.15) is 0 Å². The molecule has 0 spiro atoms. The Morgan fingerprint density at radius 2 is 1.64 bits per heavy atom. The Bertz CT molecular complexity index is 833. The van der Waals surface area contributed by atoms with Crippen LogP contribution < -0.4 is 0 Å². The summed E-state index contributed by atoms with van der Waals surface area (Å²) in [5, 5.41) is 0. The fraction of sp³-hybridized carbons (Fsp3) is 0.188. The van der Waals surface area contributed by atoms with Gasteiger partial charge in [-0.25, -0.2) is 8.42 Å². The third-order valence-electron chi connectivity index (χ3n) is 3.80. The van der Waals surface area contributed by atoms with Crippen molar-refractivity contribution in [2.45, 2.75) is 17.9 Å². The van der Waals surface area contributed by atoms with Crippen LogP contribution in [0.15, 0.2) is 53.4 Å². The van der Waals surface area contributed by atoms with Crippen molar-refractivity contribution in [3.8, 4) is 0 Å². The molecule has 0 atom stereocenters. The van der Waals surface area contributed by atoms with Crippen LogP contribution in [0.5, 0.6) is 0 Å². The maximum atomic E-state index is 12.7. The van der Waals surface area contributed by atoms with E-state index < -0.39 is 9.05 Å². The highest BCUT2D eigenvalue weighted by Gasteiger charge is 2.26. The van der Waals surface area contributed by atoms with Crippen molar-refractivity contribution >= 4 is 25.6 Å². The number of hydrogen-bond donors (Lipinski definition) is 0. The van der Waals surface area contributed by atoms with Crippen LogP contribution in [-0.4, -0.2) is 25.8 Å². The van der Waals surface area contributed by atoms with Crippen molar-refractivity contribution in [3.05, 3.63) is 65.2 Å². The number of halogens is 1. The Balaban J connectivity index is 1.94. The smallest absolute Gasteiger partial charge is 0.262 e. The monoisotopic (exact) mass is 335 g/mol. The average molecular weight is 336 g/mol. The zero-order valence-corrected chi connectivity index (χ0v) is 13.3. The molecule has 1 aliphatic heterocycles. The molecule has 1 amide bonds. The van der Waals surface area contributed by atoms with Crippen LogP contribution in [0.1, 0.15) is 21.5 Å². The van der Waals surface area contributed by atoms with Gasteiger partial charge in [-0.3, -0.25) is 4.79 Å². The number of benzene rings is 2. The molecular formula is C16H14ClNO3S. The van der Waals surface area contributed by atoms with Gasteiger partial charge in [-0.15, -0.1) is 0 Å². The molecule has 6 heteroatoms. The molecule has 3 rings (SSSR count). The average Bonchev–Trinajstić information content (AvgIpc) is 2.53. The van der Waals surface area contributed by atoms with E-state index in [1.165, 1.54) is 17.7 Å². The number of carbonyl (C=O) groups excluding carboxylic acids is 1. The molecule has 2 aromatic carbocycles. The summed E-state index contributed by atoms with van der Waals surface area (Å²) in [7, 11) is 1.48. The maximum absolute atomic E-state index is 12.7. The van der Waals surface area contributed by atoms with Gasteiger partial charge in [-0.05, 0) is 29.7 Å². The molecule has 0 saturated carbocycles. The highest BCUT2D eigenvalue weighted by atomic mass is 35.7. The SMILES string of the molecule is O=C(c1ccccc1S(=O)(=O)Cl)N1CCc2ccccc2C1. The van der Waals surface area contributed by atoms with Crippen molar-refractivity contribution in [2.24, 2.45) is 0 Å². The van der Waals surface area contributed by atoms with Crippen molar-refractivity contribution in [2.75, 3.05) is 6.54 Å². The zero-order chi connectivity index (χ0) is 15.7. The predicted octanol–water partition coefficient (Wildman–Crippen LogP) is 2.81. The summed E-state index contributed by atoms with van der Waals surface area (Å²) in [6, 6.07) is 14.0. The largest absolute Gasteiger partial charge is 0.334 e. The summed E-state index contributed by atoms with van der Waals surface area (Å²) >= 11 is 0. The summed E-state index contributed by atoms with van der Waals surface area (Å²) < 4.78 is 23.3. The Hall–Kier alpha value is -1.85. The minimum Gasteiger partial charge on any atom is -0.334 e. The molecule has 1 heterocycles. The molecule has 0 unspecified atom stereocenters. The van der Waals surface area contributed by atoms with E-state index >= 15 is 0 Å². The topological polar surface area (TPSA) is 54.5 Å². The quantitative estimate of drug-likeness (QED) is 0.793. The van der Waals surface area contributed by atoms with Gasteiger partial charge in [0.15, 0.2) is 0 Å². The lowest BCUT2D eigenvalue weighted by atomic mass is 9.99. The molecule has 4 nitrogen and oxygen atoms in total. The first-order valence-corrected chi connectivity index (χ1v) is 9.17. The van der Waals surface area contributed by atoms with Gasteiger partial charge in [-0.1, -0.05) is 36.4 Å². The Morgan fingerprint density at radius 1 is 1.00 bits per heavy atom. The zero-order valence-electron chi connectivity index (χ0n) is 11.7. The molecule has 0 saturated heterocycles. The van der Waals surface area contributed by atoms with Gasteiger partial charge in [0.05, 0.1) is 10.5 Å². The molecule has 0 fully saturated rings. The molecule has 22 heavy (non-hydrogen) atoms. The van der Waals surface area contributed by atoms with Crippen LogP contribution in [0.25, 0.3) is 0 Å². The Kier molecular flexibility index (Phi) is 3.93. The van der Waals surface area contributed by atoms with Crippen molar-refractivity contribution in [1.29, 1.82) is 0 Å². The van der Waals surface area contributed by atoms with Gasteiger partial charge in [0.2, 0.25) is 0 Å². The fourth-order valence-electron chi connectivity index (χ4n) is 2.70.